The molecule has 1 aliphatic rings. The smallest absolute Gasteiger partial charge is 0.261 e. The second-order valence-corrected chi connectivity index (χ2v) is 9.64. The molecule has 0 aliphatic carbocycles. The lowest BCUT2D eigenvalue weighted by molar-refractivity contribution is -0.121. The third kappa shape index (κ3) is 5.86. The minimum atomic E-state index is -0.648. The van der Waals surface area contributed by atoms with Gasteiger partial charge in [0, 0.05) is 32.3 Å². The van der Waals surface area contributed by atoms with E-state index >= 15 is 0 Å². The molecule has 4 rings (SSSR count). The van der Waals surface area contributed by atoms with Gasteiger partial charge in [0.05, 0.1) is 22.4 Å². The van der Waals surface area contributed by atoms with Crippen molar-refractivity contribution in [3.05, 3.63) is 89.5 Å². The Hall–Kier alpha value is -3.72. The number of nitrogens with zero attached hydrogens (tertiary/aromatic N) is 2. The molecule has 0 bridgehead atoms. The molecule has 0 unspecified atom stereocenters. The van der Waals surface area contributed by atoms with Crippen LogP contribution in [0.3, 0.4) is 0 Å². The standard InChI is InChI=1S/C26H26N4O4S/c1-17(31)35-22(12-7-15-30-25(33)19-10-5-6-11-20(19)26(30)34)24(32)29-21(16-23-27-13-14-28-23)18-8-3-2-4-9-18/h2-6,8-11,13-14,21-22H,7,12,15-16H2,1H3,(H,27,28)(H,29,32)/t21-,22+/m0/s1. The van der Waals surface area contributed by atoms with E-state index in [1.165, 1.54) is 11.8 Å². The van der Waals surface area contributed by atoms with E-state index in [2.05, 4.69) is 15.3 Å². The number of aromatic amines is 1. The molecule has 0 fully saturated rings. The van der Waals surface area contributed by atoms with Crippen LogP contribution in [0.1, 0.15) is 57.9 Å². The van der Waals surface area contributed by atoms with Gasteiger partial charge >= 0.3 is 0 Å². The average Bonchev–Trinajstić information content (AvgIpc) is 3.46. The van der Waals surface area contributed by atoms with Crippen LogP contribution in [0.25, 0.3) is 0 Å². The van der Waals surface area contributed by atoms with Gasteiger partial charge in [0.1, 0.15) is 5.82 Å². The van der Waals surface area contributed by atoms with Gasteiger partial charge < -0.3 is 10.3 Å². The number of benzene rings is 2. The van der Waals surface area contributed by atoms with E-state index in [9.17, 15) is 19.2 Å². The highest BCUT2D eigenvalue weighted by atomic mass is 32.2. The van der Waals surface area contributed by atoms with E-state index in [4.69, 9.17) is 0 Å². The zero-order valence-corrected chi connectivity index (χ0v) is 20.1. The van der Waals surface area contributed by atoms with Gasteiger partial charge in [-0.05, 0) is 30.5 Å². The fraction of sp³-hybridized carbons (Fsp3) is 0.269. The molecular formula is C26H26N4O4S. The number of hydrogen-bond acceptors (Lipinski definition) is 6. The number of rotatable bonds is 10. The first-order valence-corrected chi connectivity index (χ1v) is 12.3. The van der Waals surface area contributed by atoms with Crippen molar-refractivity contribution in [3.8, 4) is 0 Å². The molecular weight excluding hydrogens is 464 g/mol. The van der Waals surface area contributed by atoms with E-state index < -0.39 is 5.25 Å². The summed E-state index contributed by atoms with van der Waals surface area (Å²) in [5.41, 5.74) is 1.72. The number of carbonyl (C=O) groups excluding carboxylic acids is 4. The lowest BCUT2D eigenvalue weighted by atomic mass is 10.0. The molecule has 0 saturated carbocycles. The number of nitrogens with one attached hydrogen (secondary N) is 2. The summed E-state index contributed by atoms with van der Waals surface area (Å²) in [6.07, 6.45) is 4.60. The molecule has 180 valence electrons. The van der Waals surface area contributed by atoms with Crippen LogP contribution in [0.15, 0.2) is 67.0 Å². The maximum atomic E-state index is 13.3. The summed E-state index contributed by atoms with van der Waals surface area (Å²) in [4.78, 5) is 58.9. The minimum absolute atomic E-state index is 0.173. The van der Waals surface area contributed by atoms with Crippen molar-refractivity contribution in [2.75, 3.05) is 6.54 Å². The van der Waals surface area contributed by atoms with Crippen molar-refractivity contribution >= 4 is 34.6 Å². The predicted molar refractivity (Wildman–Crippen MR) is 133 cm³/mol. The number of thioether (sulfide) groups is 1. The van der Waals surface area contributed by atoms with Crippen molar-refractivity contribution in [3.63, 3.8) is 0 Å². The zero-order chi connectivity index (χ0) is 24.8. The molecule has 3 aromatic rings. The van der Waals surface area contributed by atoms with E-state index in [1.54, 1.807) is 36.7 Å². The van der Waals surface area contributed by atoms with E-state index in [0.717, 1.165) is 23.1 Å². The first-order chi connectivity index (χ1) is 16.9. The number of aromatic nitrogens is 2. The van der Waals surface area contributed by atoms with Gasteiger partial charge in [-0.3, -0.25) is 24.1 Å². The third-order valence-corrected chi connectivity index (χ3v) is 6.86. The van der Waals surface area contributed by atoms with Gasteiger partial charge in [-0.25, -0.2) is 4.98 Å². The van der Waals surface area contributed by atoms with Crippen LogP contribution in [0.4, 0.5) is 0 Å². The highest BCUT2D eigenvalue weighted by molar-refractivity contribution is 8.14. The van der Waals surface area contributed by atoms with Crippen LogP contribution >= 0.6 is 11.8 Å². The van der Waals surface area contributed by atoms with Crippen LogP contribution in [0, 0.1) is 0 Å². The summed E-state index contributed by atoms with van der Waals surface area (Å²) in [7, 11) is 0. The summed E-state index contributed by atoms with van der Waals surface area (Å²) in [6.45, 7) is 1.61. The Morgan fingerprint density at radius 1 is 1.03 bits per heavy atom. The number of imide groups is 1. The van der Waals surface area contributed by atoms with Gasteiger partial charge in [-0.2, -0.15) is 0 Å². The highest BCUT2D eigenvalue weighted by Crippen LogP contribution is 2.25. The SMILES string of the molecule is CC(=O)S[C@H](CCCN1C(=O)c2ccccc2C1=O)C(=O)N[C@@H](Cc1ncc[nH]1)c1ccccc1. The van der Waals surface area contributed by atoms with Crippen LogP contribution in [-0.2, 0) is 16.0 Å². The van der Waals surface area contributed by atoms with E-state index in [1.807, 2.05) is 30.3 Å². The minimum Gasteiger partial charge on any atom is -0.349 e. The van der Waals surface area contributed by atoms with Gasteiger partial charge in [0.2, 0.25) is 5.91 Å². The Balaban J connectivity index is 1.41. The van der Waals surface area contributed by atoms with Crippen molar-refractivity contribution in [1.82, 2.24) is 20.2 Å². The summed E-state index contributed by atoms with van der Waals surface area (Å²) in [6, 6.07) is 16.0. The molecule has 2 atom stereocenters. The number of amides is 3. The predicted octanol–water partition coefficient (Wildman–Crippen LogP) is 3.53. The number of hydrogen-bond donors (Lipinski definition) is 2. The molecule has 0 spiro atoms. The Labute approximate surface area is 207 Å². The molecule has 9 heteroatoms. The first kappa shape index (κ1) is 24.4. The number of carbonyl (C=O) groups is 4. The van der Waals surface area contributed by atoms with E-state index in [-0.39, 0.29) is 35.4 Å². The Bertz CT molecular complexity index is 1180. The van der Waals surface area contributed by atoms with Gasteiger partial charge in [-0.1, -0.05) is 54.2 Å². The molecule has 8 nitrogen and oxygen atoms in total. The van der Waals surface area contributed by atoms with Crippen molar-refractivity contribution in [2.24, 2.45) is 0 Å². The molecule has 35 heavy (non-hydrogen) atoms. The van der Waals surface area contributed by atoms with Crippen molar-refractivity contribution in [1.29, 1.82) is 0 Å². The largest absolute Gasteiger partial charge is 0.349 e. The lowest BCUT2D eigenvalue weighted by Gasteiger charge is -2.22. The fourth-order valence-electron chi connectivity index (χ4n) is 4.13. The number of imidazole rings is 1. The van der Waals surface area contributed by atoms with Crippen LogP contribution in [0.5, 0.6) is 0 Å². The third-order valence-electron chi connectivity index (χ3n) is 5.80. The monoisotopic (exact) mass is 490 g/mol. The second kappa shape index (κ2) is 11.1. The number of H-pyrrole nitrogens is 1. The molecule has 1 aliphatic heterocycles. The lowest BCUT2D eigenvalue weighted by Crippen LogP contribution is -2.38. The van der Waals surface area contributed by atoms with Gasteiger partial charge in [-0.15, -0.1) is 0 Å². The summed E-state index contributed by atoms with van der Waals surface area (Å²) in [5, 5.41) is 2.25. The Kier molecular flexibility index (Phi) is 7.77. The second-order valence-electron chi connectivity index (χ2n) is 8.26. The summed E-state index contributed by atoms with van der Waals surface area (Å²) < 4.78 is 0. The average molecular weight is 491 g/mol. The van der Waals surface area contributed by atoms with Gasteiger partial charge in [0.15, 0.2) is 5.12 Å². The molecule has 1 aromatic heterocycles. The van der Waals surface area contributed by atoms with Crippen LogP contribution in [-0.4, -0.2) is 49.5 Å². The highest BCUT2D eigenvalue weighted by Gasteiger charge is 2.35. The van der Waals surface area contributed by atoms with Crippen LogP contribution < -0.4 is 5.32 Å². The molecule has 2 aromatic carbocycles. The topological polar surface area (TPSA) is 112 Å². The summed E-state index contributed by atoms with van der Waals surface area (Å²) in [5.74, 6) is -0.185. The molecule has 0 radical (unpaired) electrons. The van der Waals surface area contributed by atoms with Gasteiger partial charge in [0.25, 0.3) is 11.8 Å². The normalized spacial score (nSPS) is 14.5. The zero-order valence-electron chi connectivity index (χ0n) is 19.3. The van der Waals surface area contributed by atoms with Crippen molar-refractivity contribution in [2.45, 2.75) is 37.5 Å². The first-order valence-electron chi connectivity index (χ1n) is 11.4. The maximum absolute atomic E-state index is 13.3. The fourth-order valence-corrected chi connectivity index (χ4v) is 4.99. The number of fused-ring (bicyclic) bond motifs is 1. The molecule has 3 amide bonds. The Morgan fingerprint density at radius 3 is 2.29 bits per heavy atom. The molecule has 2 N–H and O–H groups in total. The molecule has 0 saturated heterocycles. The van der Waals surface area contributed by atoms with Crippen LogP contribution in [0.2, 0.25) is 0 Å². The quantitative estimate of drug-likeness (QED) is 0.421. The summed E-state index contributed by atoms with van der Waals surface area (Å²) >= 11 is 0.961. The Morgan fingerprint density at radius 2 is 1.69 bits per heavy atom. The van der Waals surface area contributed by atoms with E-state index in [0.29, 0.717) is 30.4 Å². The van der Waals surface area contributed by atoms with Crippen molar-refractivity contribution < 1.29 is 19.2 Å². The maximum Gasteiger partial charge on any atom is 0.261 e. The molecule has 2 heterocycles.